The lowest BCUT2D eigenvalue weighted by atomic mass is 9.88. The second kappa shape index (κ2) is 8.93. The van der Waals surface area contributed by atoms with Gasteiger partial charge in [-0.25, -0.2) is 4.79 Å². The van der Waals surface area contributed by atoms with Gasteiger partial charge in [0.05, 0.1) is 5.57 Å². The quantitative estimate of drug-likeness (QED) is 0.529. The number of aliphatic hydroxyl groups is 1. The molecule has 1 heterocycles. The fourth-order valence-corrected chi connectivity index (χ4v) is 4.12. The molecular weight excluding hydrogens is 436 g/mol. The summed E-state index contributed by atoms with van der Waals surface area (Å²) in [6.07, 6.45) is 0.351. The van der Waals surface area contributed by atoms with E-state index in [0.717, 1.165) is 16.9 Å². The molecule has 0 amide bonds. The summed E-state index contributed by atoms with van der Waals surface area (Å²) in [7, 11) is 7.88. The van der Waals surface area contributed by atoms with Gasteiger partial charge in [0.2, 0.25) is 0 Å². The van der Waals surface area contributed by atoms with Crippen molar-refractivity contribution in [3.05, 3.63) is 100 Å². The average molecular weight is 463 g/mol. The first-order chi connectivity index (χ1) is 15.7. The average Bonchev–Trinajstić information content (AvgIpc) is 3.04. The standard InChI is InChI=1S/C27H27ClN2O3/c1-29(2)22-13-5-18(6-14-22)17-24-25(19-7-15-23(16-8-19)30(3)4)26(31)33-27(24,32)20-9-11-21(28)12-10-20/h5-16,32H,17H2,1-4H3. The van der Waals surface area contributed by atoms with Gasteiger partial charge >= 0.3 is 5.97 Å². The number of cyclic esters (lactones) is 1. The molecule has 4 rings (SSSR count). The number of nitrogens with zero attached hydrogens (tertiary/aromatic N) is 2. The van der Waals surface area contributed by atoms with E-state index in [-0.39, 0.29) is 0 Å². The molecule has 0 spiro atoms. The first-order valence-electron chi connectivity index (χ1n) is 10.7. The minimum atomic E-state index is -1.88. The van der Waals surface area contributed by atoms with Crippen LogP contribution in [0.4, 0.5) is 11.4 Å². The zero-order valence-corrected chi connectivity index (χ0v) is 19.9. The van der Waals surface area contributed by atoms with Crippen LogP contribution in [0.1, 0.15) is 16.7 Å². The van der Waals surface area contributed by atoms with E-state index in [9.17, 15) is 9.90 Å². The van der Waals surface area contributed by atoms with Crippen LogP contribution in [0.2, 0.25) is 5.02 Å². The van der Waals surface area contributed by atoms with E-state index in [1.165, 1.54) is 0 Å². The number of carbonyl (C=O) groups is 1. The number of hydrogen-bond donors (Lipinski definition) is 1. The SMILES string of the molecule is CN(C)c1ccc(CC2=C(c3ccc(N(C)C)cc3)C(=O)OC2(O)c2ccc(Cl)cc2)cc1. The van der Waals surface area contributed by atoms with Crippen LogP contribution in [0.25, 0.3) is 5.57 Å². The molecule has 1 unspecified atom stereocenters. The number of anilines is 2. The lowest BCUT2D eigenvalue weighted by Gasteiger charge is -2.26. The maximum absolute atomic E-state index is 13.1. The van der Waals surface area contributed by atoms with Crippen LogP contribution in [0.5, 0.6) is 0 Å². The van der Waals surface area contributed by atoms with Crippen LogP contribution < -0.4 is 9.80 Å². The topological polar surface area (TPSA) is 53.0 Å². The maximum Gasteiger partial charge on any atom is 0.341 e. The smallest absolute Gasteiger partial charge is 0.341 e. The molecule has 5 nitrogen and oxygen atoms in total. The third kappa shape index (κ3) is 4.47. The lowest BCUT2D eigenvalue weighted by Crippen LogP contribution is -2.29. The van der Waals surface area contributed by atoms with Crippen molar-refractivity contribution in [1.29, 1.82) is 0 Å². The Hall–Kier alpha value is -3.28. The molecule has 0 bridgehead atoms. The summed E-state index contributed by atoms with van der Waals surface area (Å²) in [6, 6.07) is 22.4. The zero-order valence-electron chi connectivity index (χ0n) is 19.2. The summed E-state index contributed by atoms with van der Waals surface area (Å²) in [5.41, 5.74) is 5.09. The molecule has 170 valence electrons. The van der Waals surface area contributed by atoms with Crippen LogP contribution in [0, 0.1) is 0 Å². The van der Waals surface area contributed by atoms with Crippen molar-refractivity contribution in [2.24, 2.45) is 0 Å². The van der Waals surface area contributed by atoms with Gasteiger partial charge in [0, 0.05) is 62.1 Å². The van der Waals surface area contributed by atoms with Crippen LogP contribution in [0.15, 0.2) is 78.4 Å². The maximum atomic E-state index is 13.1. The van der Waals surface area contributed by atoms with Crippen LogP contribution in [-0.4, -0.2) is 39.3 Å². The van der Waals surface area contributed by atoms with E-state index in [1.54, 1.807) is 24.3 Å². The van der Waals surface area contributed by atoms with Gasteiger partial charge in [0.1, 0.15) is 0 Å². The molecule has 0 fully saturated rings. The van der Waals surface area contributed by atoms with Gasteiger partial charge in [-0.3, -0.25) is 0 Å². The zero-order chi connectivity index (χ0) is 23.8. The molecule has 0 aliphatic carbocycles. The Balaban J connectivity index is 1.84. The largest absolute Gasteiger partial charge is 0.421 e. The first kappa shape index (κ1) is 22.9. The van der Waals surface area contributed by atoms with E-state index in [0.29, 0.717) is 33.7 Å². The molecule has 0 saturated heterocycles. The Labute approximate surface area is 199 Å². The molecule has 33 heavy (non-hydrogen) atoms. The number of halogens is 1. The molecule has 1 aliphatic rings. The monoisotopic (exact) mass is 462 g/mol. The van der Waals surface area contributed by atoms with E-state index in [4.69, 9.17) is 16.3 Å². The summed E-state index contributed by atoms with van der Waals surface area (Å²) in [6.45, 7) is 0. The third-order valence-electron chi connectivity index (χ3n) is 5.90. The van der Waals surface area contributed by atoms with E-state index in [1.807, 2.05) is 86.5 Å². The minimum absolute atomic E-state index is 0.351. The number of carbonyl (C=O) groups excluding carboxylic acids is 1. The van der Waals surface area contributed by atoms with Gasteiger partial charge in [0.15, 0.2) is 0 Å². The molecule has 3 aromatic rings. The van der Waals surface area contributed by atoms with Gasteiger partial charge < -0.3 is 19.6 Å². The molecule has 6 heteroatoms. The van der Waals surface area contributed by atoms with Gasteiger partial charge in [-0.15, -0.1) is 0 Å². The highest BCUT2D eigenvalue weighted by Gasteiger charge is 2.48. The van der Waals surface area contributed by atoms with Crippen molar-refractivity contribution in [3.63, 3.8) is 0 Å². The van der Waals surface area contributed by atoms with Crippen LogP contribution in [-0.2, 0) is 21.7 Å². The summed E-state index contributed by atoms with van der Waals surface area (Å²) in [5, 5.41) is 12.2. The Morgan fingerprint density at radius 1 is 0.818 bits per heavy atom. The van der Waals surface area contributed by atoms with Crippen molar-refractivity contribution >= 4 is 34.5 Å². The van der Waals surface area contributed by atoms with Gasteiger partial charge in [-0.2, -0.15) is 0 Å². The summed E-state index contributed by atoms with van der Waals surface area (Å²) in [5.74, 6) is -2.43. The fraction of sp³-hybridized carbons (Fsp3) is 0.222. The fourth-order valence-electron chi connectivity index (χ4n) is 3.99. The number of hydrogen-bond acceptors (Lipinski definition) is 5. The molecule has 1 N–H and O–H groups in total. The predicted molar refractivity (Wildman–Crippen MR) is 134 cm³/mol. The normalized spacial score (nSPS) is 17.8. The summed E-state index contributed by atoms with van der Waals surface area (Å²) in [4.78, 5) is 17.1. The molecule has 1 aliphatic heterocycles. The van der Waals surface area contributed by atoms with Gasteiger partial charge in [0.25, 0.3) is 5.79 Å². The van der Waals surface area contributed by atoms with Crippen molar-refractivity contribution in [2.45, 2.75) is 12.2 Å². The molecule has 0 aromatic heterocycles. The Morgan fingerprint density at radius 2 is 1.33 bits per heavy atom. The number of esters is 1. The Morgan fingerprint density at radius 3 is 1.85 bits per heavy atom. The number of benzene rings is 3. The lowest BCUT2D eigenvalue weighted by molar-refractivity contribution is -0.185. The van der Waals surface area contributed by atoms with E-state index >= 15 is 0 Å². The van der Waals surface area contributed by atoms with Crippen molar-refractivity contribution in [1.82, 2.24) is 0 Å². The van der Waals surface area contributed by atoms with Crippen molar-refractivity contribution in [3.8, 4) is 0 Å². The Kier molecular flexibility index (Phi) is 6.19. The van der Waals surface area contributed by atoms with E-state index in [2.05, 4.69) is 0 Å². The molecule has 0 saturated carbocycles. The van der Waals surface area contributed by atoms with Gasteiger partial charge in [-0.1, -0.05) is 48.0 Å². The second-order valence-electron chi connectivity index (χ2n) is 8.57. The highest BCUT2D eigenvalue weighted by atomic mass is 35.5. The van der Waals surface area contributed by atoms with Gasteiger partial charge in [-0.05, 0) is 47.5 Å². The summed E-state index contributed by atoms with van der Waals surface area (Å²) < 4.78 is 5.65. The molecule has 1 atom stereocenters. The predicted octanol–water partition coefficient (Wildman–Crippen LogP) is 4.87. The van der Waals surface area contributed by atoms with Crippen molar-refractivity contribution in [2.75, 3.05) is 38.0 Å². The second-order valence-corrected chi connectivity index (χ2v) is 9.01. The van der Waals surface area contributed by atoms with E-state index < -0.39 is 11.8 Å². The summed E-state index contributed by atoms with van der Waals surface area (Å²) >= 11 is 6.05. The first-order valence-corrected chi connectivity index (χ1v) is 11.1. The van der Waals surface area contributed by atoms with Crippen molar-refractivity contribution < 1.29 is 14.6 Å². The molecule has 3 aromatic carbocycles. The number of ether oxygens (including phenoxy) is 1. The number of rotatable bonds is 6. The van der Waals surface area contributed by atoms with Crippen LogP contribution >= 0.6 is 11.6 Å². The molecule has 0 radical (unpaired) electrons. The third-order valence-corrected chi connectivity index (χ3v) is 6.15. The molecular formula is C27H27ClN2O3. The Bertz CT molecular complexity index is 1180. The minimum Gasteiger partial charge on any atom is -0.421 e. The highest BCUT2D eigenvalue weighted by molar-refractivity contribution is 6.30. The van der Waals surface area contributed by atoms with Crippen LogP contribution in [0.3, 0.4) is 0 Å². The highest BCUT2D eigenvalue weighted by Crippen LogP contribution is 2.45.